The minimum atomic E-state index is -0.274. The van der Waals surface area contributed by atoms with Crippen LogP contribution < -0.4 is 5.73 Å². The van der Waals surface area contributed by atoms with Gasteiger partial charge in [0.25, 0.3) is 0 Å². The largest absolute Gasteiger partial charge is 0.382 e. The molecule has 1 unspecified atom stereocenters. The highest BCUT2D eigenvalue weighted by molar-refractivity contribution is 5.86. The number of carbonyl (C=O) groups is 1. The van der Waals surface area contributed by atoms with E-state index in [2.05, 4.69) is 15.0 Å². The first-order valence-electron chi connectivity index (χ1n) is 5.10. The van der Waals surface area contributed by atoms with Crippen LogP contribution in [-0.2, 0) is 4.79 Å². The molecule has 2 heterocycles. The van der Waals surface area contributed by atoms with E-state index in [1.165, 1.54) is 6.33 Å². The lowest BCUT2D eigenvalue weighted by molar-refractivity contribution is -0.121. The summed E-state index contributed by atoms with van der Waals surface area (Å²) in [4.78, 5) is 23.7. The summed E-state index contributed by atoms with van der Waals surface area (Å²) in [6, 6.07) is -0.274. The number of ketones is 1. The van der Waals surface area contributed by atoms with E-state index in [0.29, 0.717) is 23.4 Å². The summed E-state index contributed by atoms with van der Waals surface area (Å²) < 4.78 is 1.72. The third-order valence-electron chi connectivity index (χ3n) is 2.62. The van der Waals surface area contributed by atoms with Crippen LogP contribution >= 0.6 is 0 Å². The quantitative estimate of drug-likeness (QED) is 0.830. The van der Waals surface area contributed by atoms with Gasteiger partial charge in [-0.05, 0) is 6.92 Å². The topological polar surface area (TPSA) is 86.7 Å². The number of hydrogen-bond acceptors (Lipinski definition) is 5. The molecule has 6 heteroatoms. The molecule has 0 fully saturated rings. The second kappa shape index (κ2) is 3.88. The van der Waals surface area contributed by atoms with Crippen LogP contribution in [0.5, 0.6) is 0 Å². The molecule has 0 bridgehead atoms. The average Bonchev–Trinajstić information content (AvgIpc) is 2.72. The molecule has 16 heavy (non-hydrogen) atoms. The second-order valence-corrected chi connectivity index (χ2v) is 3.58. The Kier molecular flexibility index (Phi) is 2.55. The molecule has 0 spiro atoms. The predicted molar refractivity (Wildman–Crippen MR) is 59.7 cm³/mol. The molecule has 1 atom stereocenters. The standard InChI is InChI=1S/C10H13N5O/c1-3-7(16)6(2)15-5-14-8-9(11)12-4-13-10(8)15/h4-6H,3H2,1-2H3,(H2,11,12,13). The fourth-order valence-corrected chi connectivity index (χ4v) is 1.60. The van der Waals surface area contributed by atoms with Crippen LogP contribution in [0.1, 0.15) is 26.3 Å². The van der Waals surface area contributed by atoms with Gasteiger partial charge in [-0.25, -0.2) is 15.0 Å². The van der Waals surface area contributed by atoms with E-state index >= 15 is 0 Å². The maximum absolute atomic E-state index is 11.6. The second-order valence-electron chi connectivity index (χ2n) is 3.58. The van der Waals surface area contributed by atoms with Crippen molar-refractivity contribution >= 4 is 22.8 Å². The molecule has 2 rings (SSSR count). The van der Waals surface area contributed by atoms with E-state index in [1.54, 1.807) is 10.9 Å². The number of hydrogen-bond donors (Lipinski definition) is 1. The highest BCUT2D eigenvalue weighted by Crippen LogP contribution is 2.19. The van der Waals surface area contributed by atoms with Gasteiger partial charge in [0.15, 0.2) is 17.2 Å². The van der Waals surface area contributed by atoms with E-state index in [-0.39, 0.29) is 11.8 Å². The third-order valence-corrected chi connectivity index (χ3v) is 2.62. The van der Waals surface area contributed by atoms with Crippen molar-refractivity contribution in [3.8, 4) is 0 Å². The maximum Gasteiger partial charge on any atom is 0.166 e. The van der Waals surface area contributed by atoms with E-state index in [9.17, 15) is 4.79 Å². The van der Waals surface area contributed by atoms with E-state index in [4.69, 9.17) is 5.73 Å². The summed E-state index contributed by atoms with van der Waals surface area (Å²) in [5, 5.41) is 0. The predicted octanol–water partition coefficient (Wildman–Crippen LogP) is 0.949. The maximum atomic E-state index is 11.6. The lowest BCUT2D eigenvalue weighted by Gasteiger charge is -2.10. The molecule has 2 aromatic rings. The number of nitrogen functional groups attached to an aromatic ring is 1. The first-order valence-corrected chi connectivity index (χ1v) is 5.10. The Morgan fingerprint density at radius 3 is 2.94 bits per heavy atom. The zero-order valence-electron chi connectivity index (χ0n) is 9.21. The normalized spacial score (nSPS) is 12.9. The first kappa shape index (κ1) is 10.5. The van der Waals surface area contributed by atoms with E-state index < -0.39 is 0 Å². The van der Waals surface area contributed by atoms with Gasteiger partial charge in [0, 0.05) is 6.42 Å². The van der Waals surface area contributed by atoms with Crippen molar-refractivity contribution in [1.82, 2.24) is 19.5 Å². The van der Waals surface area contributed by atoms with Gasteiger partial charge in [-0.1, -0.05) is 6.92 Å². The summed E-state index contributed by atoms with van der Waals surface area (Å²) in [7, 11) is 0. The van der Waals surface area contributed by atoms with Crippen molar-refractivity contribution in [3.63, 3.8) is 0 Å². The van der Waals surface area contributed by atoms with Crippen molar-refractivity contribution in [1.29, 1.82) is 0 Å². The average molecular weight is 219 g/mol. The number of nitrogens with two attached hydrogens (primary N) is 1. The van der Waals surface area contributed by atoms with Crippen molar-refractivity contribution < 1.29 is 4.79 Å². The van der Waals surface area contributed by atoms with Crippen LogP contribution in [0, 0.1) is 0 Å². The SMILES string of the molecule is CCC(=O)C(C)n1cnc2c(N)ncnc21. The Balaban J connectivity index is 2.54. The van der Waals surface area contributed by atoms with E-state index in [0.717, 1.165) is 0 Å². The zero-order valence-corrected chi connectivity index (χ0v) is 9.21. The van der Waals surface area contributed by atoms with Crippen LogP contribution in [0.4, 0.5) is 5.82 Å². The van der Waals surface area contributed by atoms with Gasteiger partial charge < -0.3 is 10.3 Å². The molecule has 84 valence electrons. The number of rotatable bonds is 3. The first-order chi connectivity index (χ1) is 7.65. The van der Waals surface area contributed by atoms with E-state index in [1.807, 2.05) is 13.8 Å². The Labute approximate surface area is 92.5 Å². The number of anilines is 1. The molecule has 0 saturated carbocycles. The highest BCUT2D eigenvalue weighted by atomic mass is 16.1. The Hall–Kier alpha value is -1.98. The molecule has 0 aliphatic rings. The van der Waals surface area contributed by atoms with Gasteiger partial charge in [-0.3, -0.25) is 4.79 Å². The molecular weight excluding hydrogens is 206 g/mol. The zero-order chi connectivity index (χ0) is 11.7. The lowest BCUT2D eigenvalue weighted by atomic mass is 10.2. The number of fused-ring (bicyclic) bond motifs is 1. The van der Waals surface area contributed by atoms with Crippen molar-refractivity contribution in [2.75, 3.05) is 5.73 Å². The smallest absolute Gasteiger partial charge is 0.166 e. The molecule has 6 nitrogen and oxygen atoms in total. The summed E-state index contributed by atoms with van der Waals surface area (Å²) >= 11 is 0. The Morgan fingerprint density at radius 2 is 2.25 bits per heavy atom. The molecule has 0 aliphatic carbocycles. The van der Waals surface area contributed by atoms with Crippen LogP contribution in [-0.4, -0.2) is 25.3 Å². The Morgan fingerprint density at radius 1 is 1.50 bits per heavy atom. The highest BCUT2D eigenvalue weighted by Gasteiger charge is 2.17. The summed E-state index contributed by atoms with van der Waals surface area (Å²) in [5.74, 6) is 0.469. The molecule has 0 amide bonds. The third kappa shape index (κ3) is 1.52. The fraction of sp³-hybridized carbons (Fsp3) is 0.400. The number of Topliss-reactive ketones (excluding diaryl/α,β-unsaturated/α-hetero) is 1. The van der Waals surface area contributed by atoms with Gasteiger partial charge in [0.2, 0.25) is 0 Å². The number of carbonyl (C=O) groups excluding carboxylic acids is 1. The summed E-state index contributed by atoms with van der Waals surface area (Å²) in [6.07, 6.45) is 3.44. The summed E-state index contributed by atoms with van der Waals surface area (Å²) in [6.45, 7) is 3.66. The molecule has 0 aromatic carbocycles. The number of nitrogens with zero attached hydrogens (tertiary/aromatic N) is 4. The Bertz CT molecular complexity index is 533. The van der Waals surface area contributed by atoms with Crippen LogP contribution in [0.25, 0.3) is 11.2 Å². The van der Waals surface area contributed by atoms with Gasteiger partial charge in [0.1, 0.15) is 11.8 Å². The molecule has 2 aromatic heterocycles. The van der Waals surface area contributed by atoms with Gasteiger partial charge in [-0.15, -0.1) is 0 Å². The molecule has 2 N–H and O–H groups in total. The van der Waals surface area contributed by atoms with Gasteiger partial charge >= 0.3 is 0 Å². The van der Waals surface area contributed by atoms with Gasteiger partial charge in [-0.2, -0.15) is 0 Å². The van der Waals surface area contributed by atoms with Gasteiger partial charge in [0.05, 0.1) is 12.4 Å². The van der Waals surface area contributed by atoms with Crippen molar-refractivity contribution in [2.45, 2.75) is 26.3 Å². The van der Waals surface area contributed by atoms with Crippen LogP contribution in [0.2, 0.25) is 0 Å². The molecular formula is C10H13N5O. The summed E-state index contributed by atoms with van der Waals surface area (Å²) in [5.41, 5.74) is 6.81. The van der Waals surface area contributed by atoms with Crippen molar-refractivity contribution in [2.24, 2.45) is 0 Å². The molecule has 0 aliphatic heterocycles. The number of imidazole rings is 1. The molecule has 0 saturated heterocycles. The minimum absolute atomic E-state index is 0.136. The lowest BCUT2D eigenvalue weighted by Crippen LogP contribution is -2.15. The molecule has 0 radical (unpaired) electrons. The fourth-order valence-electron chi connectivity index (χ4n) is 1.60. The monoisotopic (exact) mass is 219 g/mol. The van der Waals surface area contributed by atoms with Crippen LogP contribution in [0.15, 0.2) is 12.7 Å². The minimum Gasteiger partial charge on any atom is -0.382 e. The van der Waals surface area contributed by atoms with Crippen LogP contribution in [0.3, 0.4) is 0 Å². The van der Waals surface area contributed by atoms with Crippen molar-refractivity contribution in [3.05, 3.63) is 12.7 Å². The number of aromatic nitrogens is 4.